The molecule has 1 aromatic carbocycles. The second kappa shape index (κ2) is 5.87. The number of aliphatic hydroxyl groups is 1. The highest BCUT2D eigenvalue weighted by molar-refractivity contribution is 5.55. The molecule has 2 atom stereocenters. The van der Waals surface area contributed by atoms with Crippen molar-refractivity contribution in [2.24, 2.45) is 0 Å². The largest absolute Gasteiger partial charge is 0.396 e. The van der Waals surface area contributed by atoms with Crippen LogP contribution in [0.4, 0.5) is 0 Å². The Morgan fingerprint density at radius 2 is 1.90 bits per heavy atom. The van der Waals surface area contributed by atoms with Crippen LogP contribution in [0.5, 0.6) is 0 Å². The molecule has 0 amide bonds. The first-order valence-electron chi connectivity index (χ1n) is 8.07. The number of hydrogen-bond donors (Lipinski definition) is 1. The topological polar surface area (TPSA) is 23.5 Å². The molecule has 20 heavy (non-hydrogen) atoms. The molecular weight excluding hydrogens is 246 g/mol. The first-order chi connectivity index (χ1) is 9.62. The number of aryl methyl sites for hydroxylation is 2. The highest BCUT2D eigenvalue weighted by Gasteiger charge is 2.56. The number of likely N-dealkylation sites (N-methyl/N-ethyl adjacent to an activating group) is 1. The molecule has 1 aliphatic heterocycles. The summed E-state index contributed by atoms with van der Waals surface area (Å²) in [5.74, 6) is 0.652. The Morgan fingerprint density at radius 1 is 1.25 bits per heavy atom. The van der Waals surface area contributed by atoms with Crippen LogP contribution in [0.15, 0.2) is 12.1 Å². The average Bonchev–Trinajstić information content (AvgIpc) is 2.79. The first-order valence-corrected chi connectivity index (χ1v) is 8.07. The lowest BCUT2D eigenvalue weighted by Crippen LogP contribution is -2.44. The Balaban J connectivity index is 0.000000704. The number of rotatable bonds is 3. The molecule has 2 unspecified atom stereocenters. The number of benzene rings is 1. The Bertz CT molecular complexity index is 483. The van der Waals surface area contributed by atoms with E-state index in [9.17, 15) is 5.11 Å². The molecule has 1 N–H and O–H groups in total. The van der Waals surface area contributed by atoms with E-state index in [-0.39, 0.29) is 5.41 Å². The van der Waals surface area contributed by atoms with Crippen LogP contribution in [0.25, 0.3) is 0 Å². The van der Waals surface area contributed by atoms with Gasteiger partial charge in [-0.05, 0) is 49.1 Å². The normalized spacial score (nSPS) is 27.2. The summed E-state index contributed by atoms with van der Waals surface area (Å²) in [6.45, 7) is 14.4. The average molecular weight is 275 g/mol. The SMILES string of the molecule is CC.CCN1CC2c3cc(C)c(C)cc3C2(CCO)C1. The van der Waals surface area contributed by atoms with Crippen molar-refractivity contribution in [2.75, 3.05) is 26.2 Å². The van der Waals surface area contributed by atoms with E-state index in [2.05, 4.69) is 37.8 Å². The van der Waals surface area contributed by atoms with Gasteiger partial charge in [-0.2, -0.15) is 0 Å². The van der Waals surface area contributed by atoms with Crippen LogP contribution in [-0.2, 0) is 5.41 Å². The molecule has 112 valence electrons. The standard InChI is InChI=1S/C16H23NO.C2H6/c1-4-17-9-15-13-7-11(2)12(3)8-14(13)16(15,10-17)5-6-18;1-2/h7-8,15,18H,4-6,9-10H2,1-3H3;1-2H3. The van der Waals surface area contributed by atoms with Crippen LogP contribution in [0.1, 0.15) is 55.4 Å². The summed E-state index contributed by atoms with van der Waals surface area (Å²) in [6.07, 6.45) is 0.920. The molecule has 1 aromatic rings. The molecule has 1 fully saturated rings. The number of fused-ring (bicyclic) bond motifs is 4. The summed E-state index contributed by atoms with van der Waals surface area (Å²) in [6, 6.07) is 4.75. The number of hydrogen-bond acceptors (Lipinski definition) is 2. The molecular formula is C18H29NO. The van der Waals surface area contributed by atoms with Gasteiger partial charge in [0.25, 0.3) is 0 Å². The van der Waals surface area contributed by atoms with E-state index in [1.165, 1.54) is 23.2 Å². The molecule has 1 aliphatic carbocycles. The zero-order valence-electron chi connectivity index (χ0n) is 13.7. The van der Waals surface area contributed by atoms with Crippen molar-refractivity contribution in [2.45, 2.75) is 52.4 Å². The molecule has 0 aromatic heterocycles. The zero-order chi connectivity index (χ0) is 14.9. The van der Waals surface area contributed by atoms with Gasteiger partial charge in [0.1, 0.15) is 0 Å². The summed E-state index contributed by atoms with van der Waals surface area (Å²) < 4.78 is 0. The molecule has 0 bridgehead atoms. The van der Waals surface area contributed by atoms with Crippen molar-refractivity contribution >= 4 is 0 Å². The minimum absolute atomic E-state index is 0.249. The number of nitrogens with zero attached hydrogens (tertiary/aromatic N) is 1. The summed E-state index contributed by atoms with van der Waals surface area (Å²) in [5.41, 5.74) is 6.10. The van der Waals surface area contributed by atoms with Gasteiger partial charge in [-0.3, -0.25) is 0 Å². The molecule has 1 saturated heterocycles. The van der Waals surface area contributed by atoms with Gasteiger partial charge < -0.3 is 10.0 Å². The Labute approximate surface area is 123 Å². The van der Waals surface area contributed by atoms with Crippen molar-refractivity contribution in [3.63, 3.8) is 0 Å². The third-order valence-corrected chi connectivity index (χ3v) is 5.20. The van der Waals surface area contributed by atoms with Crippen LogP contribution in [0, 0.1) is 13.8 Å². The summed E-state index contributed by atoms with van der Waals surface area (Å²) in [7, 11) is 0. The fourth-order valence-electron chi connectivity index (χ4n) is 3.98. The monoisotopic (exact) mass is 275 g/mol. The smallest absolute Gasteiger partial charge is 0.0440 e. The second-order valence-electron chi connectivity index (χ2n) is 6.03. The number of likely N-dealkylation sites (tertiary alicyclic amines) is 1. The molecule has 0 saturated carbocycles. The van der Waals surface area contributed by atoms with E-state index >= 15 is 0 Å². The van der Waals surface area contributed by atoms with Crippen molar-refractivity contribution in [1.29, 1.82) is 0 Å². The van der Waals surface area contributed by atoms with Crippen molar-refractivity contribution < 1.29 is 5.11 Å². The van der Waals surface area contributed by atoms with E-state index in [4.69, 9.17) is 0 Å². The maximum atomic E-state index is 9.43. The van der Waals surface area contributed by atoms with Crippen LogP contribution >= 0.6 is 0 Å². The molecule has 3 rings (SSSR count). The van der Waals surface area contributed by atoms with Gasteiger partial charge in [-0.1, -0.05) is 32.9 Å². The van der Waals surface area contributed by atoms with E-state index in [0.29, 0.717) is 12.5 Å². The van der Waals surface area contributed by atoms with E-state index < -0.39 is 0 Å². The first kappa shape index (κ1) is 15.5. The highest BCUT2D eigenvalue weighted by atomic mass is 16.3. The Kier molecular flexibility index (Phi) is 4.55. The second-order valence-corrected chi connectivity index (χ2v) is 6.03. The van der Waals surface area contributed by atoms with Crippen molar-refractivity contribution in [3.05, 3.63) is 34.4 Å². The van der Waals surface area contributed by atoms with Gasteiger partial charge in [0.2, 0.25) is 0 Å². The van der Waals surface area contributed by atoms with Gasteiger partial charge in [0.15, 0.2) is 0 Å². The maximum Gasteiger partial charge on any atom is 0.0440 e. The van der Waals surface area contributed by atoms with Crippen molar-refractivity contribution in [1.82, 2.24) is 4.90 Å². The summed E-state index contributed by atoms with van der Waals surface area (Å²) in [4.78, 5) is 2.53. The van der Waals surface area contributed by atoms with Crippen molar-refractivity contribution in [3.8, 4) is 0 Å². The minimum Gasteiger partial charge on any atom is -0.396 e. The van der Waals surface area contributed by atoms with Gasteiger partial charge in [0.05, 0.1) is 0 Å². The lowest BCUT2D eigenvalue weighted by atomic mass is 9.56. The van der Waals surface area contributed by atoms with Crippen LogP contribution < -0.4 is 0 Å². The third-order valence-electron chi connectivity index (χ3n) is 5.20. The molecule has 0 spiro atoms. The third kappa shape index (κ3) is 2.10. The van der Waals surface area contributed by atoms with Gasteiger partial charge >= 0.3 is 0 Å². The van der Waals surface area contributed by atoms with Gasteiger partial charge in [0, 0.05) is 31.0 Å². The minimum atomic E-state index is 0.249. The van der Waals surface area contributed by atoms with Crippen LogP contribution in [0.2, 0.25) is 0 Å². The van der Waals surface area contributed by atoms with Crippen LogP contribution in [-0.4, -0.2) is 36.2 Å². The fraction of sp³-hybridized carbons (Fsp3) is 0.667. The molecule has 2 nitrogen and oxygen atoms in total. The quantitative estimate of drug-likeness (QED) is 0.914. The molecule has 2 aliphatic rings. The summed E-state index contributed by atoms with van der Waals surface area (Å²) in [5, 5.41) is 9.43. The highest BCUT2D eigenvalue weighted by Crippen LogP contribution is 2.58. The Hall–Kier alpha value is -0.860. The zero-order valence-corrected chi connectivity index (χ0v) is 13.7. The molecule has 0 radical (unpaired) electrons. The van der Waals surface area contributed by atoms with Gasteiger partial charge in [-0.15, -0.1) is 0 Å². The fourth-order valence-corrected chi connectivity index (χ4v) is 3.98. The molecule has 2 heteroatoms. The summed E-state index contributed by atoms with van der Waals surface area (Å²) >= 11 is 0. The van der Waals surface area contributed by atoms with E-state index in [0.717, 1.165) is 19.5 Å². The lowest BCUT2D eigenvalue weighted by Gasteiger charge is -2.47. The lowest BCUT2D eigenvalue weighted by molar-refractivity contribution is 0.209. The van der Waals surface area contributed by atoms with Crippen LogP contribution in [0.3, 0.4) is 0 Å². The predicted molar refractivity (Wildman–Crippen MR) is 85.5 cm³/mol. The number of aliphatic hydroxyl groups excluding tert-OH is 1. The maximum absolute atomic E-state index is 9.43. The van der Waals surface area contributed by atoms with Gasteiger partial charge in [-0.25, -0.2) is 0 Å². The Morgan fingerprint density at radius 3 is 2.50 bits per heavy atom. The van der Waals surface area contributed by atoms with E-state index in [1.807, 2.05) is 13.8 Å². The molecule has 1 heterocycles. The predicted octanol–water partition coefficient (Wildman–Crippen LogP) is 3.38. The van der Waals surface area contributed by atoms with E-state index in [1.54, 1.807) is 5.56 Å².